The summed E-state index contributed by atoms with van der Waals surface area (Å²) in [4.78, 5) is 29.0. The maximum absolute atomic E-state index is 14.1. The average Bonchev–Trinajstić information content (AvgIpc) is 2.92. The monoisotopic (exact) mass is 627 g/mol. The van der Waals surface area contributed by atoms with Gasteiger partial charge in [-0.1, -0.05) is 77.3 Å². The van der Waals surface area contributed by atoms with Crippen molar-refractivity contribution < 1.29 is 18.0 Å². The number of hydrogen-bond donors (Lipinski definition) is 1. The molecule has 214 valence electrons. The molecular formula is C31H38BrN3O4S. The number of aryl methyl sites for hydroxylation is 2. The van der Waals surface area contributed by atoms with E-state index in [0.29, 0.717) is 12.1 Å². The zero-order chi connectivity index (χ0) is 29.4. The van der Waals surface area contributed by atoms with Crippen molar-refractivity contribution in [1.29, 1.82) is 0 Å². The number of sulfonamides is 1. The first-order chi connectivity index (χ1) is 19.0. The highest BCUT2D eigenvalue weighted by atomic mass is 79.9. The van der Waals surface area contributed by atoms with E-state index < -0.39 is 28.5 Å². The van der Waals surface area contributed by atoms with Crippen LogP contribution in [0, 0.1) is 13.8 Å². The third-order valence-electron chi connectivity index (χ3n) is 6.82. The van der Waals surface area contributed by atoms with Crippen LogP contribution in [0.1, 0.15) is 50.3 Å². The van der Waals surface area contributed by atoms with Crippen LogP contribution in [0.15, 0.2) is 82.2 Å². The van der Waals surface area contributed by atoms with Crippen molar-refractivity contribution in [2.75, 3.05) is 10.8 Å². The summed E-state index contributed by atoms with van der Waals surface area (Å²) in [5.74, 6) is -0.722. The van der Waals surface area contributed by atoms with Crippen molar-refractivity contribution in [3.05, 3.63) is 94.0 Å². The van der Waals surface area contributed by atoms with Crippen LogP contribution in [0.5, 0.6) is 0 Å². The molecule has 3 aromatic carbocycles. The van der Waals surface area contributed by atoms with Gasteiger partial charge in [-0.3, -0.25) is 13.9 Å². The Balaban J connectivity index is 2.05. The Bertz CT molecular complexity index is 1410. The molecule has 1 N–H and O–H groups in total. The Morgan fingerprint density at radius 1 is 0.900 bits per heavy atom. The van der Waals surface area contributed by atoms with E-state index in [-0.39, 0.29) is 23.4 Å². The molecule has 2 amide bonds. The number of halogens is 1. The largest absolute Gasteiger partial charge is 0.352 e. The highest BCUT2D eigenvalue weighted by Crippen LogP contribution is 2.26. The fraction of sp³-hybridized carbons (Fsp3) is 0.355. The number of carbonyl (C=O) groups is 2. The topological polar surface area (TPSA) is 86.8 Å². The highest BCUT2D eigenvalue weighted by Gasteiger charge is 2.34. The highest BCUT2D eigenvalue weighted by molar-refractivity contribution is 9.10. The molecule has 0 heterocycles. The molecule has 0 radical (unpaired) electrons. The lowest BCUT2D eigenvalue weighted by molar-refractivity contribution is -0.140. The van der Waals surface area contributed by atoms with Crippen LogP contribution in [0.2, 0.25) is 0 Å². The second-order valence-electron chi connectivity index (χ2n) is 10.1. The first-order valence-corrected chi connectivity index (χ1v) is 15.7. The van der Waals surface area contributed by atoms with Crippen LogP contribution in [0.3, 0.4) is 0 Å². The minimum absolute atomic E-state index is 0.0568. The van der Waals surface area contributed by atoms with Crippen molar-refractivity contribution in [3.63, 3.8) is 0 Å². The lowest BCUT2D eigenvalue weighted by atomic mass is 10.1. The molecule has 9 heteroatoms. The fourth-order valence-electron chi connectivity index (χ4n) is 4.34. The molecule has 0 aliphatic rings. The quantitative estimate of drug-likeness (QED) is 0.267. The van der Waals surface area contributed by atoms with Gasteiger partial charge in [-0.25, -0.2) is 8.42 Å². The molecule has 0 saturated carbocycles. The summed E-state index contributed by atoms with van der Waals surface area (Å²) in [5, 5.41) is 3.00. The number of amides is 2. The summed E-state index contributed by atoms with van der Waals surface area (Å²) >= 11 is 3.40. The van der Waals surface area contributed by atoms with E-state index in [1.807, 2.05) is 58.9 Å². The van der Waals surface area contributed by atoms with Gasteiger partial charge in [0.1, 0.15) is 12.6 Å². The summed E-state index contributed by atoms with van der Waals surface area (Å²) < 4.78 is 29.7. The van der Waals surface area contributed by atoms with Crippen LogP contribution in [0.25, 0.3) is 0 Å². The molecule has 0 aliphatic heterocycles. The standard InChI is InChI=1S/C31H38BrN3O4S/c1-6-24(5)33-31(37)29(7-2)34(20-25-10-8-9-23(4)19-25)30(36)21-35(27-15-13-26(32)14-16-27)40(38,39)28-17-11-22(3)12-18-28/h8-19,24,29H,6-7,20-21H2,1-5H3,(H,33,37)/t24-,29-/m1/s1. The molecule has 0 aliphatic carbocycles. The molecule has 2 atom stereocenters. The van der Waals surface area contributed by atoms with Crippen LogP contribution in [-0.2, 0) is 26.2 Å². The van der Waals surface area contributed by atoms with E-state index >= 15 is 0 Å². The second kappa shape index (κ2) is 13.9. The van der Waals surface area contributed by atoms with Gasteiger partial charge in [0, 0.05) is 17.1 Å². The average molecular weight is 629 g/mol. The van der Waals surface area contributed by atoms with Gasteiger partial charge in [-0.2, -0.15) is 0 Å². The van der Waals surface area contributed by atoms with Crippen molar-refractivity contribution in [1.82, 2.24) is 10.2 Å². The third kappa shape index (κ3) is 7.95. The van der Waals surface area contributed by atoms with E-state index in [2.05, 4.69) is 21.2 Å². The molecule has 3 aromatic rings. The fourth-order valence-corrected chi connectivity index (χ4v) is 6.02. The van der Waals surface area contributed by atoms with Crippen molar-refractivity contribution >= 4 is 43.5 Å². The minimum Gasteiger partial charge on any atom is -0.352 e. The van der Waals surface area contributed by atoms with Gasteiger partial charge in [-0.05, 0) is 75.6 Å². The summed E-state index contributed by atoms with van der Waals surface area (Å²) in [6.07, 6.45) is 1.13. The Labute approximate surface area is 246 Å². The van der Waals surface area contributed by atoms with Gasteiger partial charge < -0.3 is 10.2 Å². The van der Waals surface area contributed by atoms with E-state index in [0.717, 1.165) is 31.9 Å². The molecule has 0 spiro atoms. The number of nitrogens with zero attached hydrogens (tertiary/aromatic N) is 2. The molecule has 0 saturated heterocycles. The first-order valence-electron chi connectivity index (χ1n) is 13.5. The van der Waals surface area contributed by atoms with Gasteiger partial charge in [0.15, 0.2) is 0 Å². The van der Waals surface area contributed by atoms with Crippen molar-refractivity contribution in [2.45, 2.75) is 71.0 Å². The number of carbonyl (C=O) groups excluding carboxylic acids is 2. The molecule has 0 fully saturated rings. The van der Waals surface area contributed by atoms with Crippen LogP contribution < -0.4 is 9.62 Å². The molecule has 40 heavy (non-hydrogen) atoms. The Hall–Kier alpha value is -3.17. The van der Waals surface area contributed by atoms with Gasteiger partial charge in [0.05, 0.1) is 10.6 Å². The Morgan fingerprint density at radius 3 is 2.12 bits per heavy atom. The number of benzene rings is 3. The molecule has 0 unspecified atom stereocenters. The number of anilines is 1. The van der Waals surface area contributed by atoms with E-state index in [9.17, 15) is 18.0 Å². The summed E-state index contributed by atoms with van der Waals surface area (Å²) in [5.41, 5.74) is 3.16. The number of hydrogen-bond acceptors (Lipinski definition) is 4. The van der Waals surface area contributed by atoms with E-state index in [4.69, 9.17) is 0 Å². The molecule has 0 aromatic heterocycles. The van der Waals surface area contributed by atoms with E-state index in [1.54, 1.807) is 48.5 Å². The summed E-state index contributed by atoms with van der Waals surface area (Å²) in [6, 6.07) is 20.2. The van der Waals surface area contributed by atoms with Gasteiger partial charge in [-0.15, -0.1) is 0 Å². The molecule has 7 nitrogen and oxygen atoms in total. The molecular weight excluding hydrogens is 590 g/mol. The van der Waals surface area contributed by atoms with Crippen LogP contribution in [-0.4, -0.2) is 43.8 Å². The zero-order valence-corrected chi connectivity index (χ0v) is 26.1. The SMILES string of the molecule is CC[C@@H](C)NC(=O)[C@@H](CC)N(Cc1cccc(C)c1)C(=O)CN(c1ccc(Br)cc1)S(=O)(=O)c1ccc(C)cc1. The Kier molecular flexibility index (Phi) is 10.9. The van der Waals surface area contributed by atoms with Crippen LogP contribution >= 0.6 is 15.9 Å². The van der Waals surface area contributed by atoms with Gasteiger partial charge in [0.25, 0.3) is 10.0 Å². The first kappa shape index (κ1) is 31.4. The normalized spacial score (nSPS) is 12.8. The minimum atomic E-state index is -4.10. The van der Waals surface area contributed by atoms with Crippen LogP contribution in [0.4, 0.5) is 5.69 Å². The maximum Gasteiger partial charge on any atom is 0.264 e. The van der Waals surface area contributed by atoms with Crippen molar-refractivity contribution in [2.24, 2.45) is 0 Å². The lowest BCUT2D eigenvalue weighted by Gasteiger charge is -2.33. The number of nitrogens with one attached hydrogen (secondary N) is 1. The van der Waals surface area contributed by atoms with Gasteiger partial charge in [0.2, 0.25) is 11.8 Å². The smallest absolute Gasteiger partial charge is 0.264 e. The van der Waals surface area contributed by atoms with E-state index in [1.165, 1.54) is 4.90 Å². The predicted octanol–water partition coefficient (Wildman–Crippen LogP) is 5.98. The molecule has 0 bridgehead atoms. The van der Waals surface area contributed by atoms with Crippen molar-refractivity contribution in [3.8, 4) is 0 Å². The maximum atomic E-state index is 14.1. The van der Waals surface area contributed by atoms with Gasteiger partial charge >= 0.3 is 0 Å². The molecule has 3 rings (SSSR count). The summed E-state index contributed by atoms with van der Waals surface area (Å²) in [6.45, 7) is 9.31. The number of rotatable bonds is 12. The zero-order valence-electron chi connectivity index (χ0n) is 23.7. The second-order valence-corrected chi connectivity index (χ2v) is 12.8. The predicted molar refractivity (Wildman–Crippen MR) is 164 cm³/mol. The lowest BCUT2D eigenvalue weighted by Crippen LogP contribution is -2.53. The third-order valence-corrected chi connectivity index (χ3v) is 9.14. The Morgan fingerprint density at radius 2 is 1.55 bits per heavy atom. The summed E-state index contributed by atoms with van der Waals surface area (Å²) in [7, 11) is -4.10.